The molecule has 12 nitrogen and oxygen atoms in total. The third-order valence-electron chi connectivity index (χ3n) is 8.44. The van der Waals surface area contributed by atoms with Crippen molar-refractivity contribution in [3.63, 3.8) is 0 Å². The van der Waals surface area contributed by atoms with Crippen molar-refractivity contribution in [3.8, 4) is 0 Å². The molecule has 2 bridgehead atoms. The molecule has 0 aromatic rings. The lowest BCUT2D eigenvalue weighted by Crippen LogP contribution is -2.60. The Morgan fingerprint density at radius 2 is 1.89 bits per heavy atom. The summed E-state index contributed by atoms with van der Waals surface area (Å²) in [5.41, 5.74) is 0.477. The molecule has 12 atom stereocenters. The zero-order chi connectivity index (χ0) is 27.7. The molecule has 38 heavy (non-hydrogen) atoms. The Morgan fingerprint density at radius 3 is 2.55 bits per heavy atom. The Balaban J connectivity index is 1.57. The van der Waals surface area contributed by atoms with Crippen molar-refractivity contribution in [1.82, 2.24) is 0 Å². The van der Waals surface area contributed by atoms with Gasteiger partial charge in [-0.15, -0.1) is 0 Å². The van der Waals surface area contributed by atoms with E-state index >= 15 is 0 Å². The van der Waals surface area contributed by atoms with E-state index in [1.165, 1.54) is 0 Å². The molecule has 0 spiro atoms. The van der Waals surface area contributed by atoms with Gasteiger partial charge in [0.2, 0.25) is 6.29 Å². The second kappa shape index (κ2) is 12.0. The van der Waals surface area contributed by atoms with Crippen molar-refractivity contribution >= 4 is 11.9 Å². The summed E-state index contributed by atoms with van der Waals surface area (Å²) in [4.78, 5) is 26.3. The van der Waals surface area contributed by atoms with Gasteiger partial charge < -0.3 is 49.2 Å². The molecule has 12 unspecified atom stereocenters. The summed E-state index contributed by atoms with van der Waals surface area (Å²) in [5.74, 6) is -2.17. The number of hydrogen-bond acceptors (Lipinski definition) is 12. The van der Waals surface area contributed by atoms with Gasteiger partial charge in [-0.25, -0.2) is 4.79 Å². The summed E-state index contributed by atoms with van der Waals surface area (Å²) in [5, 5.41) is 49.7. The lowest BCUT2D eigenvalue weighted by Gasteiger charge is -2.42. The standard InChI is InChI=1S/C26H38O12/c1-4-13-15-6-20(29)34-9-16-12(3)18(5-14(16)11(2)7-27)36-24(33)17(15)10-35-25(13)38-26-23(32)22(31)21(30)19(8-28)37-26/h4,10-12,14-16,18-19,21-23,25-28,30-32H,5-9H2,1-3H3. The van der Waals surface area contributed by atoms with Crippen molar-refractivity contribution in [3.05, 3.63) is 23.5 Å². The van der Waals surface area contributed by atoms with Crippen molar-refractivity contribution in [1.29, 1.82) is 0 Å². The lowest BCUT2D eigenvalue weighted by molar-refractivity contribution is -0.327. The van der Waals surface area contributed by atoms with Crippen LogP contribution in [0.2, 0.25) is 0 Å². The van der Waals surface area contributed by atoms with Crippen LogP contribution in [0.5, 0.6) is 0 Å². The average molecular weight is 543 g/mol. The average Bonchev–Trinajstić information content (AvgIpc) is 3.20. The molecule has 1 saturated carbocycles. The van der Waals surface area contributed by atoms with Crippen molar-refractivity contribution in [2.45, 2.75) is 76.7 Å². The number of carbonyl (C=O) groups excluding carboxylic acids is 2. The molecule has 5 N–H and O–H groups in total. The van der Waals surface area contributed by atoms with Gasteiger partial charge in [-0.3, -0.25) is 4.79 Å². The van der Waals surface area contributed by atoms with E-state index in [0.717, 1.165) is 6.26 Å². The summed E-state index contributed by atoms with van der Waals surface area (Å²) in [6, 6.07) is 0. The van der Waals surface area contributed by atoms with Gasteiger partial charge in [0.25, 0.3) is 0 Å². The highest BCUT2D eigenvalue weighted by Crippen LogP contribution is 2.45. The highest BCUT2D eigenvalue weighted by molar-refractivity contribution is 5.91. The molecule has 1 aliphatic carbocycles. The number of esters is 2. The van der Waals surface area contributed by atoms with Gasteiger partial charge in [0, 0.05) is 24.0 Å². The molecule has 3 heterocycles. The SMILES string of the molecule is CC=C1C(OC2OC(CO)C(O)C(O)C2O)OC=C2C(=O)OC3CC(C(C)CO)C(COC(=O)CC21)C3C. The third-order valence-corrected chi connectivity index (χ3v) is 8.44. The van der Waals surface area contributed by atoms with Crippen LogP contribution in [0.15, 0.2) is 23.5 Å². The van der Waals surface area contributed by atoms with E-state index < -0.39 is 67.6 Å². The van der Waals surface area contributed by atoms with Gasteiger partial charge in [0.15, 0.2) is 6.29 Å². The molecular weight excluding hydrogens is 504 g/mol. The third kappa shape index (κ3) is 5.48. The minimum absolute atomic E-state index is 0.0230. The molecule has 0 radical (unpaired) electrons. The number of allylic oxidation sites excluding steroid dienone is 1. The van der Waals surface area contributed by atoms with Gasteiger partial charge in [-0.1, -0.05) is 19.9 Å². The maximum absolute atomic E-state index is 13.3. The van der Waals surface area contributed by atoms with Crippen LogP contribution < -0.4 is 0 Å². The Bertz CT molecular complexity index is 931. The first-order valence-electron chi connectivity index (χ1n) is 13.1. The van der Waals surface area contributed by atoms with E-state index in [2.05, 4.69) is 0 Å². The van der Waals surface area contributed by atoms with Gasteiger partial charge in [-0.05, 0) is 31.1 Å². The van der Waals surface area contributed by atoms with Crippen LogP contribution in [0.1, 0.15) is 33.6 Å². The van der Waals surface area contributed by atoms with Crippen LogP contribution in [0.3, 0.4) is 0 Å². The zero-order valence-electron chi connectivity index (χ0n) is 21.7. The molecule has 0 aromatic carbocycles. The van der Waals surface area contributed by atoms with E-state index in [0.29, 0.717) is 12.0 Å². The number of ether oxygens (including phenoxy) is 5. The van der Waals surface area contributed by atoms with Gasteiger partial charge in [-0.2, -0.15) is 0 Å². The summed E-state index contributed by atoms with van der Waals surface area (Å²) in [6.07, 6.45) is -6.07. The first kappa shape index (κ1) is 28.9. The van der Waals surface area contributed by atoms with Gasteiger partial charge in [0.1, 0.15) is 30.5 Å². The number of cyclic esters (lactones) is 1. The smallest absolute Gasteiger partial charge is 0.338 e. The number of hydrogen-bond donors (Lipinski definition) is 5. The molecule has 2 saturated heterocycles. The van der Waals surface area contributed by atoms with Crippen LogP contribution in [0.25, 0.3) is 0 Å². The summed E-state index contributed by atoms with van der Waals surface area (Å²) in [6.45, 7) is 5.02. The predicted molar refractivity (Wildman–Crippen MR) is 128 cm³/mol. The van der Waals surface area contributed by atoms with Crippen molar-refractivity contribution < 1.29 is 58.8 Å². The molecule has 4 rings (SSSR count). The number of rotatable bonds is 5. The normalized spacial score (nSPS) is 43.7. The van der Waals surface area contributed by atoms with Gasteiger partial charge in [0.05, 0.1) is 31.5 Å². The first-order chi connectivity index (χ1) is 18.1. The summed E-state index contributed by atoms with van der Waals surface area (Å²) >= 11 is 0. The number of carbonyl (C=O) groups is 2. The second-order valence-corrected chi connectivity index (χ2v) is 10.6. The molecule has 0 amide bonds. The Morgan fingerprint density at radius 1 is 1.16 bits per heavy atom. The van der Waals surface area contributed by atoms with E-state index in [1.807, 2.05) is 13.8 Å². The molecule has 4 aliphatic rings. The fraction of sp³-hybridized carbons (Fsp3) is 0.769. The molecular formula is C26H38O12. The molecule has 214 valence electrons. The quantitative estimate of drug-likeness (QED) is 0.219. The maximum atomic E-state index is 13.3. The predicted octanol–water partition coefficient (Wildman–Crippen LogP) is -0.635. The fourth-order valence-electron chi connectivity index (χ4n) is 5.97. The van der Waals surface area contributed by atoms with Crippen molar-refractivity contribution in [2.24, 2.45) is 29.6 Å². The van der Waals surface area contributed by atoms with Gasteiger partial charge >= 0.3 is 11.9 Å². The number of aliphatic hydroxyl groups is 5. The fourth-order valence-corrected chi connectivity index (χ4v) is 5.97. The van der Waals surface area contributed by atoms with Crippen LogP contribution in [-0.2, 0) is 33.3 Å². The van der Waals surface area contributed by atoms with Crippen LogP contribution in [-0.4, -0.2) is 100 Å². The van der Waals surface area contributed by atoms with E-state index in [-0.39, 0.29) is 48.9 Å². The van der Waals surface area contributed by atoms with E-state index in [9.17, 15) is 35.1 Å². The maximum Gasteiger partial charge on any atom is 0.338 e. The van der Waals surface area contributed by atoms with E-state index in [4.69, 9.17) is 23.7 Å². The monoisotopic (exact) mass is 542 g/mol. The summed E-state index contributed by atoms with van der Waals surface area (Å²) in [7, 11) is 0. The topological polar surface area (TPSA) is 181 Å². The highest BCUT2D eigenvalue weighted by atomic mass is 16.8. The largest absolute Gasteiger partial charge is 0.468 e. The minimum atomic E-state index is -1.66. The zero-order valence-corrected chi connectivity index (χ0v) is 21.7. The Hall–Kier alpha value is -2.06. The molecule has 0 aromatic heterocycles. The Kier molecular flexibility index (Phi) is 9.13. The first-order valence-corrected chi connectivity index (χ1v) is 13.1. The molecule has 3 aliphatic heterocycles. The van der Waals surface area contributed by atoms with Crippen LogP contribution in [0.4, 0.5) is 0 Å². The van der Waals surface area contributed by atoms with Crippen LogP contribution in [0, 0.1) is 29.6 Å². The minimum Gasteiger partial charge on any atom is -0.468 e. The summed E-state index contributed by atoms with van der Waals surface area (Å²) < 4.78 is 28.4. The highest BCUT2D eigenvalue weighted by Gasteiger charge is 2.49. The Labute approximate surface area is 220 Å². The van der Waals surface area contributed by atoms with Crippen molar-refractivity contribution in [2.75, 3.05) is 19.8 Å². The number of aliphatic hydroxyl groups excluding tert-OH is 5. The number of fused-ring (bicyclic) bond motifs is 3. The molecule has 3 fully saturated rings. The van der Waals surface area contributed by atoms with E-state index in [1.54, 1.807) is 13.0 Å². The second-order valence-electron chi connectivity index (χ2n) is 10.6. The lowest BCUT2D eigenvalue weighted by atomic mass is 9.83. The van der Waals surface area contributed by atoms with Crippen LogP contribution >= 0.6 is 0 Å². The molecule has 12 heteroatoms.